The summed E-state index contributed by atoms with van der Waals surface area (Å²) in [5.74, 6) is -0.838. The Hall–Kier alpha value is -1.26. The van der Waals surface area contributed by atoms with Crippen LogP contribution in [0.25, 0.3) is 0 Å². The van der Waals surface area contributed by atoms with Crippen molar-refractivity contribution in [3.8, 4) is 0 Å². The van der Waals surface area contributed by atoms with E-state index >= 15 is 0 Å². The zero-order valence-corrected chi connectivity index (χ0v) is 8.58. The minimum Gasteiger partial charge on any atom is -0.479 e. The fourth-order valence-electron chi connectivity index (χ4n) is 2.66. The number of amides is 2. The normalized spacial score (nSPS) is 32.1. The molecule has 1 unspecified atom stereocenters. The number of hydrogen-bond acceptors (Lipinski definition) is 2. The SMILES string of the molecule is O=C1NCC(C(=O)O)(C2CCCCC2)N1. The van der Waals surface area contributed by atoms with E-state index in [0.29, 0.717) is 0 Å². The van der Waals surface area contributed by atoms with Gasteiger partial charge >= 0.3 is 12.0 Å². The first kappa shape index (κ1) is 10.3. The lowest BCUT2D eigenvalue weighted by atomic mass is 9.75. The lowest BCUT2D eigenvalue weighted by molar-refractivity contribution is -0.146. The van der Waals surface area contributed by atoms with Crippen molar-refractivity contribution >= 4 is 12.0 Å². The molecule has 1 saturated heterocycles. The van der Waals surface area contributed by atoms with Gasteiger partial charge in [0, 0.05) is 0 Å². The monoisotopic (exact) mass is 212 g/mol. The summed E-state index contributed by atoms with van der Waals surface area (Å²) in [6.07, 6.45) is 5.10. The quantitative estimate of drug-likeness (QED) is 0.630. The minimum absolute atomic E-state index is 0.0719. The van der Waals surface area contributed by atoms with Gasteiger partial charge < -0.3 is 15.7 Å². The van der Waals surface area contributed by atoms with E-state index in [1.54, 1.807) is 0 Å². The van der Waals surface area contributed by atoms with Crippen LogP contribution in [-0.2, 0) is 4.79 Å². The fraction of sp³-hybridized carbons (Fsp3) is 0.800. The summed E-state index contributed by atoms with van der Waals surface area (Å²) in [5.41, 5.74) is -1.06. The summed E-state index contributed by atoms with van der Waals surface area (Å²) in [6.45, 7) is 0.214. The number of carbonyl (C=O) groups excluding carboxylic acids is 1. The maximum atomic E-state index is 11.3. The molecule has 0 bridgehead atoms. The van der Waals surface area contributed by atoms with Gasteiger partial charge in [0.25, 0.3) is 0 Å². The number of urea groups is 1. The molecule has 2 amide bonds. The standard InChI is InChI=1S/C10H16N2O3/c13-8(14)10(6-11-9(15)12-10)7-4-2-1-3-5-7/h7H,1-6H2,(H,13,14)(H2,11,12,15). The molecule has 0 spiro atoms. The third-order valence-electron chi connectivity index (χ3n) is 3.55. The van der Waals surface area contributed by atoms with Gasteiger partial charge in [-0.15, -0.1) is 0 Å². The zero-order valence-electron chi connectivity index (χ0n) is 8.58. The summed E-state index contributed by atoms with van der Waals surface area (Å²) >= 11 is 0. The first-order valence-corrected chi connectivity index (χ1v) is 5.44. The average molecular weight is 212 g/mol. The third kappa shape index (κ3) is 1.66. The van der Waals surface area contributed by atoms with Gasteiger partial charge in [0.2, 0.25) is 0 Å². The van der Waals surface area contributed by atoms with Gasteiger partial charge in [-0.25, -0.2) is 9.59 Å². The van der Waals surface area contributed by atoms with Crippen LogP contribution in [0, 0.1) is 5.92 Å². The highest BCUT2D eigenvalue weighted by Gasteiger charge is 2.50. The molecular weight excluding hydrogens is 196 g/mol. The van der Waals surface area contributed by atoms with Crippen LogP contribution in [-0.4, -0.2) is 29.2 Å². The molecule has 1 aliphatic carbocycles. The van der Waals surface area contributed by atoms with Gasteiger partial charge in [-0.2, -0.15) is 0 Å². The Bertz CT molecular complexity index is 286. The maximum absolute atomic E-state index is 11.3. The van der Waals surface area contributed by atoms with Crippen molar-refractivity contribution in [3.63, 3.8) is 0 Å². The molecule has 5 heteroatoms. The second-order valence-electron chi connectivity index (χ2n) is 4.42. The van der Waals surface area contributed by atoms with Crippen LogP contribution in [0.2, 0.25) is 0 Å². The molecule has 0 radical (unpaired) electrons. The molecule has 5 nitrogen and oxygen atoms in total. The molecular formula is C10H16N2O3. The smallest absolute Gasteiger partial charge is 0.331 e. The number of carboxylic acids is 1. The Balaban J connectivity index is 2.18. The molecule has 0 aromatic rings. The Kier molecular flexibility index (Phi) is 2.54. The van der Waals surface area contributed by atoms with Crippen LogP contribution in [0.3, 0.4) is 0 Å². The number of nitrogens with one attached hydrogen (secondary N) is 2. The summed E-state index contributed by atoms with van der Waals surface area (Å²) in [4.78, 5) is 22.4. The van der Waals surface area contributed by atoms with Crippen molar-refractivity contribution in [2.75, 3.05) is 6.54 Å². The molecule has 15 heavy (non-hydrogen) atoms. The highest BCUT2D eigenvalue weighted by Crippen LogP contribution is 2.34. The van der Waals surface area contributed by atoms with Crippen molar-refractivity contribution in [2.45, 2.75) is 37.6 Å². The Morgan fingerprint density at radius 2 is 2.00 bits per heavy atom. The van der Waals surface area contributed by atoms with Crippen LogP contribution < -0.4 is 10.6 Å². The van der Waals surface area contributed by atoms with Crippen LogP contribution >= 0.6 is 0 Å². The van der Waals surface area contributed by atoms with E-state index in [-0.39, 0.29) is 18.5 Å². The molecule has 2 fully saturated rings. The lowest BCUT2D eigenvalue weighted by Gasteiger charge is -2.35. The molecule has 2 rings (SSSR count). The van der Waals surface area contributed by atoms with E-state index in [9.17, 15) is 14.7 Å². The molecule has 0 aromatic heterocycles. The largest absolute Gasteiger partial charge is 0.479 e. The maximum Gasteiger partial charge on any atom is 0.331 e. The van der Waals surface area contributed by atoms with Crippen molar-refractivity contribution in [1.82, 2.24) is 10.6 Å². The second kappa shape index (κ2) is 3.72. The number of rotatable bonds is 2. The summed E-state index contributed by atoms with van der Waals surface area (Å²) in [7, 11) is 0. The lowest BCUT2D eigenvalue weighted by Crippen LogP contribution is -2.57. The van der Waals surface area contributed by atoms with E-state index in [4.69, 9.17) is 0 Å². The molecule has 1 saturated carbocycles. The summed E-state index contributed by atoms with van der Waals surface area (Å²) in [6, 6.07) is -0.358. The third-order valence-corrected chi connectivity index (χ3v) is 3.55. The number of carboxylic acid groups (broad SMARTS) is 1. The molecule has 3 N–H and O–H groups in total. The molecule has 84 valence electrons. The van der Waals surface area contributed by atoms with E-state index in [2.05, 4.69) is 10.6 Å². The Labute approximate surface area is 88.2 Å². The van der Waals surface area contributed by atoms with E-state index in [0.717, 1.165) is 25.7 Å². The molecule has 2 aliphatic rings. The van der Waals surface area contributed by atoms with E-state index < -0.39 is 11.5 Å². The Morgan fingerprint density at radius 3 is 2.47 bits per heavy atom. The second-order valence-corrected chi connectivity index (χ2v) is 4.42. The van der Waals surface area contributed by atoms with Gasteiger partial charge in [0.15, 0.2) is 5.54 Å². The number of hydrogen-bond donors (Lipinski definition) is 3. The fourth-order valence-corrected chi connectivity index (χ4v) is 2.66. The van der Waals surface area contributed by atoms with Crippen LogP contribution in [0.15, 0.2) is 0 Å². The Morgan fingerprint density at radius 1 is 1.33 bits per heavy atom. The molecule has 1 heterocycles. The van der Waals surface area contributed by atoms with E-state index in [1.807, 2.05) is 0 Å². The first-order chi connectivity index (χ1) is 7.15. The predicted octanol–water partition coefficient (Wildman–Crippen LogP) is 0.703. The van der Waals surface area contributed by atoms with Gasteiger partial charge in [-0.05, 0) is 18.8 Å². The van der Waals surface area contributed by atoms with Crippen LogP contribution in [0.4, 0.5) is 4.79 Å². The number of carbonyl (C=O) groups is 2. The van der Waals surface area contributed by atoms with Gasteiger partial charge in [0.05, 0.1) is 6.54 Å². The number of aliphatic carboxylic acids is 1. The first-order valence-electron chi connectivity index (χ1n) is 5.44. The minimum atomic E-state index is -1.06. The van der Waals surface area contributed by atoms with Crippen LogP contribution in [0.1, 0.15) is 32.1 Å². The topological polar surface area (TPSA) is 78.4 Å². The highest BCUT2D eigenvalue weighted by atomic mass is 16.4. The molecule has 1 aliphatic heterocycles. The summed E-state index contributed by atoms with van der Waals surface area (Å²) in [5, 5.41) is 14.4. The average Bonchev–Trinajstić information content (AvgIpc) is 2.63. The van der Waals surface area contributed by atoms with Crippen molar-refractivity contribution in [1.29, 1.82) is 0 Å². The highest BCUT2D eigenvalue weighted by molar-refractivity contribution is 5.90. The summed E-state index contributed by atoms with van der Waals surface area (Å²) < 4.78 is 0. The van der Waals surface area contributed by atoms with Crippen molar-refractivity contribution in [3.05, 3.63) is 0 Å². The van der Waals surface area contributed by atoms with Gasteiger partial charge in [-0.1, -0.05) is 19.3 Å². The molecule has 0 aromatic carbocycles. The van der Waals surface area contributed by atoms with Crippen molar-refractivity contribution < 1.29 is 14.7 Å². The predicted molar refractivity (Wildman–Crippen MR) is 53.5 cm³/mol. The van der Waals surface area contributed by atoms with Crippen LogP contribution in [0.5, 0.6) is 0 Å². The van der Waals surface area contributed by atoms with Gasteiger partial charge in [0.1, 0.15) is 0 Å². The molecule has 1 atom stereocenters. The van der Waals surface area contributed by atoms with Crippen molar-refractivity contribution in [2.24, 2.45) is 5.92 Å². The zero-order chi connectivity index (χ0) is 10.9. The van der Waals surface area contributed by atoms with Gasteiger partial charge in [-0.3, -0.25) is 0 Å². The van der Waals surface area contributed by atoms with E-state index in [1.165, 1.54) is 6.42 Å².